The highest BCUT2D eigenvalue weighted by Gasteiger charge is 2.61. The Kier molecular flexibility index (Phi) is 6.45. The minimum atomic E-state index is -1.37. The number of aromatic nitrogens is 2. The Bertz CT molecular complexity index is 1590. The van der Waals surface area contributed by atoms with E-state index in [1.807, 2.05) is 82.3 Å². The average molecular weight is 554 g/mol. The topological polar surface area (TPSA) is 97.3 Å². The van der Waals surface area contributed by atoms with E-state index >= 15 is 0 Å². The molecule has 4 aromatic rings. The maximum absolute atomic E-state index is 14.5. The van der Waals surface area contributed by atoms with Gasteiger partial charge < -0.3 is 29.5 Å². The number of para-hydroxylation sites is 3. The molecule has 3 saturated heterocycles. The van der Waals surface area contributed by atoms with Crippen LogP contribution in [0.2, 0.25) is 0 Å². The molecular formula is C32H35N5O4. The number of piperidine rings is 1. The molecule has 3 fully saturated rings. The van der Waals surface area contributed by atoms with E-state index in [4.69, 9.17) is 4.74 Å². The van der Waals surface area contributed by atoms with E-state index in [1.54, 1.807) is 0 Å². The van der Waals surface area contributed by atoms with Crippen molar-refractivity contribution in [2.24, 2.45) is 0 Å². The number of ether oxygens (including phenoxy) is 1. The molecular weight excluding hydrogens is 518 g/mol. The minimum absolute atomic E-state index is 0.0455. The number of anilines is 1. The zero-order valence-corrected chi connectivity index (χ0v) is 23.0. The SMILES string of the molecule is O=C1N([C@H](c2ccccc2)C2(O)CO2)CN(c2ccccc2)C12CCN(CCCn1c(=O)[nH]c3ccccc31)CC2. The van der Waals surface area contributed by atoms with E-state index in [9.17, 15) is 14.7 Å². The Morgan fingerprint density at radius 2 is 1.54 bits per heavy atom. The van der Waals surface area contributed by atoms with Crippen LogP contribution in [0, 0.1) is 0 Å². The molecule has 41 heavy (non-hydrogen) atoms. The predicted octanol–water partition coefficient (Wildman–Crippen LogP) is 3.32. The van der Waals surface area contributed by atoms with Gasteiger partial charge in [-0.15, -0.1) is 0 Å². The number of H-pyrrole nitrogens is 1. The van der Waals surface area contributed by atoms with Crippen LogP contribution in [0.1, 0.15) is 30.9 Å². The second-order valence-electron chi connectivity index (χ2n) is 11.5. The summed E-state index contributed by atoms with van der Waals surface area (Å²) in [5.74, 6) is -1.32. The molecule has 7 rings (SSSR count). The first-order valence-corrected chi connectivity index (χ1v) is 14.4. The number of nitrogens with one attached hydrogen (secondary N) is 1. The lowest BCUT2D eigenvalue weighted by Gasteiger charge is -2.43. The van der Waals surface area contributed by atoms with Crippen LogP contribution in [-0.2, 0) is 16.1 Å². The predicted molar refractivity (Wildman–Crippen MR) is 156 cm³/mol. The highest BCUT2D eigenvalue weighted by Crippen LogP contribution is 2.48. The van der Waals surface area contributed by atoms with E-state index in [-0.39, 0.29) is 18.2 Å². The van der Waals surface area contributed by atoms with Gasteiger partial charge in [-0.05, 0) is 55.6 Å². The van der Waals surface area contributed by atoms with Crippen molar-refractivity contribution in [3.8, 4) is 0 Å². The molecule has 3 aromatic carbocycles. The molecule has 0 radical (unpaired) electrons. The Hall–Kier alpha value is -3.92. The van der Waals surface area contributed by atoms with Crippen molar-refractivity contribution in [2.75, 3.05) is 37.8 Å². The number of amides is 1. The maximum Gasteiger partial charge on any atom is 0.326 e. The summed E-state index contributed by atoms with van der Waals surface area (Å²) in [6.45, 7) is 3.65. The van der Waals surface area contributed by atoms with Crippen LogP contribution in [0.4, 0.5) is 5.69 Å². The molecule has 0 aliphatic carbocycles. The molecule has 2 N–H and O–H groups in total. The third-order valence-corrected chi connectivity index (χ3v) is 9.05. The van der Waals surface area contributed by atoms with E-state index in [0.717, 1.165) is 48.3 Å². The normalized spacial score (nSPS) is 23.0. The van der Waals surface area contributed by atoms with Crippen molar-refractivity contribution in [3.63, 3.8) is 0 Å². The molecule has 0 bridgehead atoms. The maximum atomic E-state index is 14.5. The van der Waals surface area contributed by atoms with Gasteiger partial charge in [-0.3, -0.25) is 9.36 Å². The summed E-state index contributed by atoms with van der Waals surface area (Å²) in [4.78, 5) is 36.3. The molecule has 1 unspecified atom stereocenters. The Labute approximate surface area is 238 Å². The second-order valence-corrected chi connectivity index (χ2v) is 11.5. The van der Waals surface area contributed by atoms with Gasteiger partial charge in [-0.2, -0.15) is 0 Å². The number of rotatable bonds is 8. The number of hydrogen-bond acceptors (Lipinski definition) is 6. The standard InChI is InChI=1S/C32H35N5O4/c38-29-31(16-20-34(21-17-31)18-9-19-35-27-15-8-7-14-26(27)33-30(35)39)37(25-12-5-2-6-13-25)23-36(29)28(32(40)22-41-32)24-10-3-1-4-11-24/h1-8,10-15,28,40H,9,16-23H2,(H,33,39)/t28-,32?/m1/s1. The van der Waals surface area contributed by atoms with Crippen LogP contribution in [0.25, 0.3) is 11.0 Å². The van der Waals surface area contributed by atoms with Gasteiger partial charge >= 0.3 is 5.69 Å². The molecule has 0 saturated carbocycles. The number of hydrogen-bond donors (Lipinski definition) is 2. The Balaban J connectivity index is 1.10. The van der Waals surface area contributed by atoms with Gasteiger partial charge in [0.25, 0.3) is 5.91 Å². The zero-order valence-electron chi connectivity index (χ0n) is 23.0. The molecule has 9 heteroatoms. The van der Waals surface area contributed by atoms with Gasteiger partial charge in [0, 0.05) is 25.3 Å². The van der Waals surface area contributed by atoms with Crippen LogP contribution in [0.3, 0.4) is 0 Å². The van der Waals surface area contributed by atoms with Crippen molar-refractivity contribution < 1.29 is 14.6 Å². The average Bonchev–Trinajstić information content (AvgIpc) is 3.59. The molecule has 1 spiro atoms. The minimum Gasteiger partial charge on any atom is -0.362 e. The summed E-state index contributed by atoms with van der Waals surface area (Å²) in [7, 11) is 0. The van der Waals surface area contributed by atoms with Crippen molar-refractivity contribution in [1.82, 2.24) is 19.4 Å². The van der Waals surface area contributed by atoms with Crippen LogP contribution < -0.4 is 10.6 Å². The lowest BCUT2D eigenvalue weighted by atomic mass is 9.84. The van der Waals surface area contributed by atoms with Crippen LogP contribution in [-0.4, -0.2) is 74.6 Å². The highest BCUT2D eigenvalue weighted by molar-refractivity contribution is 5.94. The van der Waals surface area contributed by atoms with Gasteiger partial charge in [0.2, 0.25) is 5.79 Å². The molecule has 3 aliphatic heterocycles. The quantitative estimate of drug-likeness (QED) is 0.325. The number of likely N-dealkylation sites (tertiary alicyclic amines) is 1. The van der Waals surface area contributed by atoms with Crippen molar-refractivity contribution in [1.29, 1.82) is 0 Å². The van der Waals surface area contributed by atoms with Gasteiger partial charge in [-0.25, -0.2) is 4.79 Å². The number of imidazole rings is 1. The number of epoxide rings is 1. The van der Waals surface area contributed by atoms with Gasteiger partial charge in [0.1, 0.15) is 18.2 Å². The summed E-state index contributed by atoms with van der Waals surface area (Å²) in [6, 6.07) is 27.0. The fourth-order valence-electron chi connectivity index (χ4n) is 6.83. The number of carbonyl (C=O) groups is 1. The highest BCUT2D eigenvalue weighted by atomic mass is 16.7. The van der Waals surface area contributed by atoms with Gasteiger partial charge in [0.05, 0.1) is 17.7 Å². The van der Waals surface area contributed by atoms with E-state index in [2.05, 4.69) is 26.9 Å². The van der Waals surface area contributed by atoms with E-state index < -0.39 is 17.4 Å². The van der Waals surface area contributed by atoms with Crippen LogP contribution in [0.15, 0.2) is 89.7 Å². The molecule has 3 aliphatic rings. The third kappa shape index (κ3) is 4.54. The molecule has 9 nitrogen and oxygen atoms in total. The molecule has 2 atom stereocenters. The van der Waals surface area contributed by atoms with Gasteiger partial charge in [0.15, 0.2) is 0 Å². The van der Waals surface area contributed by atoms with Gasteiger partial charge in [-0.1, -0.05) is 60.7 Å². The van der Waals surface area contributed by atoms with Crippen molar-refractivity contribution >= 4 is 22.6 Å². The third-order valence-electron chi connectivity index (χ3n) is 9.05. The number of nitrogens with zero attached hydrogens (tertiary/aromatic N) is 4. The number of aliphatic hydroxyl groups is 1. The number of fused-ring (bicyclic) bond motifs is 1. The number of aryl methyl sites for hydroxylation is 1. The molecule has 1 aromatic heterocycles. The second kappa shape index (κ2) is 10.2. The van der Waals surface area contributed by atoms with Crippen molar-refractivity contribution in [2.45, 2.75) is 43.2 Å². The van der Waals surface area contributed by atoms with E-state index in [1.165, 1.54) is 0 Å². The lowest BCUT2D eigenvalue weighted by Crippen LogP contribution is -2.57. The lowest BCUT2D eigenvalue weighted by molar-refractivity contribution is -0.142. The zero-order chi connectivity index (χ0) is 28.0. The van der Waals surface area contributed by atoms with Crippen LogP contribution >= 0.6 is 0 Å². The van der Waals surface area contributed by atoms with Crippen molar-refractivity contribution in [3.05, 3.63) is 101 Å². The monoisotopic (exact) mass is 553 g/mol. The Morgan fingerprint density at radius 1 is 0.878 bits per heavy atom. The smallest absolute Gasteiger partial charge is 0.326 e. The first-order chi connectivity index (χ1) is 20.0. The first-order valence-electron chi connectivity index (χ1n) is 14.4. The summed E-state index contributed by atoms with van der Waals surface area (Å²) < 4.78 is 7.34. The number of benzene rings is 3. The fraction of sp³-hybridized carbons (Fsp3) is 0.375. The first kappa shape index (κ1) is 26.0. The summed E-state index contributed by atoms with van der Waals surface area (Å²) in [6.07, 6.45) is 2.22. The summed E-state index contributed by atoms with van der Waals surface area (Å²) in [5.41, 5.74) is 2.90. The summed E-state index contributed by atoms with van der Waals surface area (Å²) >= 11 is 0. The fourth-order valence-corrected chi connectivity index (χ4v) is 6.83. The summed E-state index contributed by atoms with van der Waals surface area (Å²) in [5, 5.41) is 11.2. The Morgan fingerprint density at radius 3 is 2.24 bits per heavy atom. The molecule has 212 valence electrons. The largest absolute Gasteiger partial charge is 0.362 e. The number of carbonyl (C=O) groups excluding carboxylic acids is 1. The van der Waals surface area contributed by atoms with Crippen LogP contribution in [0.5, 0.6) is 0 Å². The number of aromatic amines is 1. The molecule has 4 heterocycles. The molecule has 1 amide bonds. The van der Waals surface area contributed by atoms with E-state index in [0.29, 0.717) is 26.1 Å².